The molecule has 0 amide bonds. The van der Waals surface area contributed by atoms with Crippen molar-refractivity contribution in [3.05, 3.63) is 97.2 Å². The molecule has 0 aromatic heterocycles. The molecular formula is C50H81NO7. The van der Waals surface area contributed by atoms with Gasteiger partial charge in [-0.2, -0.15) is 0 Å². The molecule has 328 valence electrons. The van der Waals surface area contributed by atoms with Crippen LogP contribution in [0.1, 0.15) is 149 Å². The smallest absolute Gasteiger partial charge is 0.306 e. The average Bonchev–Trinajstić information content (AvgIpc) is 3.18. The van der Waals surface area contributed by atoms with Crippen LogP contribution in [0.25, 0.3) is 0 Å². The Balaban J connectivity index is 4.45. The van der Waals surface area contributed by atoms with Gasteiger partial charge in [0.15, 0.2) is 6.10 Å². The number of allylic oxidation sites excluding steroid dienone is 16. The Labute approximate surface area is 354 Å². The SMILES string of the molecule is CC/C=C\C/C=C\C/C=C\C/C=C\CCCCCCCCC(=O)OC(COCCC(C(=O)[O-])[N+](C)(C)C)COC(=O)CCCC/C=C\C/C=C\C/C=C\C/C=C\CC. The maximum atomic E-state index is 12.7. The number of aliphatic carboxylic acids is 1. The first-order valence-electron chi connectivity index (χ1n) is 22.3. The Bertz CT molecular complexity index is 1260. The first-order valence-corrected chi connectivity index (χ1v) is 22.3. The van der Waals surface area contributed by atoms with Crippen LogP contribution < -0.4 is 5.11 Å². The molecule has 58 heavy (non-hydrogen) atoms. The van der Waals surface area contributed by atoms with E-state index in [1.807, 2.05) is 0 Å². The molecule has 0 heterocycles. The van der Waals surface area contributed by atoms with E-state index in [2.05, 4.69) is 111 Å². The molecule has 0 rings (SSSR count). The normalized spacial score (nSPS) is 13.9. The number of carboxylic acid groups (broad SMARTS) is 1. The molecule has 0 aromatic carbocycles. The fourth-order valence-electron chi connectivity index (χ4n) is 5.82. The van der Waals surface area contributed by atoms with Crippen LogP contribution in [-0.2, 0) is 28.6 Å². The molecule has 0 radical (unpaired) electrons. The number of hydrogen-bond acceptors (Lipinski definition) is 7. The van der Waals surface area contributed by atoms with E-state index in [-0.39, 0.29) is 55.5 Å². The van der Waals surface area contributed by atoms with Gasteiger partial charge in [-0.3, -0.25) is 9.59 Å². The zero-order valence-electron chi connectivity index (χ0n) is 37.2. The summed E-state index contributed by atoms with van der Waals surface area (Å²) in [5.41, 5.74) is 0. The van der Waals surface area contributed by atoms with Crippen molar-refractivity contribution in [2.24, 2.45) is 0 Å². The number of ether oxygens (including phenoxy) is 3. The number of unbranched alkanes of at least 4 members (excludes halogenated alkanes) is 8. The maximum Gasteiger partial charge on any atom is 0.306 e. The van der Waals surface area contributed by atoms with Gasteiger partial charge < -0.3 is 28.6 Å². The highest BCUT2D eigenvalue weighted by atomic mass is 16.6. The lowest BCUT2D eigenvalue weighted by Gasteiger charge is -2.34. The minimum absolute atomic E-state index is 0.0149. The molecule has 2 atom stereocenters. The average molecular weight is 808 g/mol. The zero-order chi connectivity index (χ0) is 42.8. The molecule has 0 aliphatic carbocycles. The van der Waals surface area contributed by atoms with E-state index in [0.29, 0.717) is 6.42 Å². The highest BCUT2D eigenvalue weighted by molar-refractivity contribution is 5.70. The molecule has 0 saturated heterocycles. The molecule has 0 fully saturated rings. The third-order valence-electron chi connectivity index (χ3n) is 9.22. The van der Waals surface area contributed by atoms with Gasteiger partial charge in [-0.1, -0.05) is 137 Å². The van der Waals surface area contributed by atoms with Crippen molar-refractivity contribution in [3.8, 4) is 0 Å². The van der Waals surface area contributed by atoms with Crippen LogP contribution in [0.15, 0.2) is 97.2 Å². The monoisotopic (exact) mass is 808 g/mol. The van der Waals surface area contributed by atoms with Gasteiger partial charge in [0.1, 0.15) is 12.6 Å². The number of likely N-dealkylation sites (N-methyl/N-ethyl adjacent to an activating group) is 1. The first kappa shape index (κ1) is 54.2. The summed E-state index contributed by atoms with van der Waals surface area (Å²) in [7, 11) is 5.38. The number of quaternary nitrogens is 1. The summed E-state index contributed by atoms with van der Waals surface area (Å²) >= 11 is 0. The molecule has 0 spiro atoms. The summed E-state index contributed by atoms with van der Waals surface area (Å²) < 4.78 is 17.1. The third kappa shape index (κ3) is 37.8. The van der Waals surface area contributed by atoms with Gasteiger partial charge >= 0.3 is 11.9 Å². The molecule has 8 nitrogen and oxygen atoms in total. The van der Waals surface area contributed by atoms with Crippen molar-refractivity contribution in [1.29, 1.82) is 0 Å². The van der Waals surface area contributed by atoms with E-state index < -0.39 is 18.1 Å². The van der Waals surface area contributed by atoms with Crippen molar-refractivity contribution in [3.63, 3.8) is 0 Å². The van der Waals surface area contributed by atoms with Crippen molar-refractivity contribution >= 4 is 17.9 Å². The number of carboxylic acids is 1. The zero-order valence-corrected chi connectivity index (χ0v) is 37.2. The Hall–Kier alpha value is -3.75. The third-order valence-corrected chi connectivity index (χ3v) is 9.22. The highest BCUT2D eigenvalue weighted by Crippen LogP contribution is 2.12. The maximum absolute atomic E-state index is 12.7. The predicted octanol–water partition coefficient (Wildman–Crippen LogP) is 11.0. The lowest BCUT2D eigenvalue weighted by molar-refractivity contribution is -0.889. The van der Waals surface area contributed by atoms with Crippen LogP contribution in [0.5, 0.6) is 0 Å². The summed E-state index contributed by atoms with van der Waals surface area (Å²) in [6.07, 6.45) is 52.9. The van der Waals surface area contributed by atoms with Gasteiger partial charge in [-0.25, -0.2) is 0 Å². The molecule has 0 aromatic rings. The minimum Gasteiger partial charge on any atom is -0.544 e. The first-order chi connectivity index (χ1) is 28.1. The van der Waals surface area contributed by atoms with Crippen LogP contribution in [0, 0.1) is 0 Å². The van der Waals surface area contributed by atoms with E-state index in [1.54, 1.807) is 21.1 Å². The van der Waals surface area contributed by atoms with E-state index >= 15 is 0 Å². The molecule has 8 heteroatoms. The highest BCUT2D eigenvalue weighted by Gasteiger charge is 2.25. The van der Waals surface area contributed by atoms with E-state index in [0.717, 1.165) is 96.3 Å². The summed E-state index contributed by atoms with van der Waals surface area (Å²) in [6.45, 7) is 4.35. The van der Waals surface area contributed by atoms with E-state index in [1.165, 1.54) is 12.8 Å². The second-order valence-corrected chi connectivity index (χ2v) is 15.5. The van der Waals surface area contributed by atoms with E-state index in [4.69, 9.17) is 14.2 Å². The van der Waals surface area contributed by atoms with Crippen molar-refractivity contribution < 1.29 is 38.2 Å². The Morgan fingerprint density at radius 3 is 1.38 bits per heavy atom. The number of nitrogens with zero attached hydrogens (tertiary/aromatic N) is 1. The van der Waals surface area contributed by atoms with Gasteiger partial charge in [0.05, 0.1) is 40.3 Å². The Morgan fingerprint density at radius 1 is 0.517 bits per heavy atom. The molecule has 0 aliphatic rings. The number of hydrogen-bond donors (Lipinski definition) is 0. The largest absolute Gasteiger partial charge is 0.544 e. The van der Waals surface area contributed by atoms with Crippen molar-refractivity contribution in [2.45, 2.75) is 161 Å². The minimum atomic E-state index is -1.14. The number of carbonyl (C=O) groups is 3. The van der Waals surface area contributed by atoms with Gasteiger partial charge in [-0.15, -0.1) is 0 Å². The molecule has 0 saturated carbocycles. The summed E-state index contributed by atoms with van der Waals surface area (Å²) in [6, 6.07) is -0.740. The lowest BCUT2D eigenvalue weighted by Crippen LogP contribution is -2.55. The summed E-state index contributed by atoms with van der Waals surface area (Å²) in [4.78, 5) is 36.9. The fraction of sp³-hybridized carbons (Fsp3) is 0.620. The fourth-order valence-corrected chi connectivity index (χ4v) is 5.82. The lowest BCUT2D eigenvalue weighted by atomic mass is 10.1. The van der Waals surface area contributed by atoms with Crippen LogP contribution in [0.3, 0.4) is 0 Å². The van der Waals surface area contributed by atoms with Crippen molar-refractivity contribution in [2.75, 3.05) is 41.0 Å². The quantitative estimate of drug-likeness (QED) is 0.0265. The number of rotatable bonds is 38. The Kier molecular flexibility index (Phi) is 37.5. The van der Waals surface area contributed by atoms with Crippen LogP contribution in [-0.4, -0.2) is 75.5 Å². The molecule has 0 bridgehead atoms. The summed E-state index contributed by atoms with van der Waals surface area (Å²) in [5, 5.41) is 11.6. The molecule has 2 unspecified atom stereocenters. The van der Waals surface area contributed by atoms with Crippen LogP contribution in [0.4, 0.5) is 0 Å². The molecule has 0 N–H and O–H groups in total. The topological polar surface area (TPSA) is 102 Å². The second kappa shape index (κ2) is 40.0. The number of esters is 2. The van der Waals surface area contributed by atoms with Crippen LogP contribution in [0.2, 0.25) is 0 Å². The summed E-state index contributed by atoms with van der Waals surface area (Å²) in [5.74, 6) is -1.82. The molecular weight excluding hydrogens is 727 g/mol. The number of carbonyl (C=O) groups excluding carboxylic acids is 3. The van der Waals surface area contributed by atoms with Gasteiger partial charge in [0.2, 0.25) is 0 Å². The van der Waals surface area contributed by atoms with Gasteiger partial charge in [-0.05, 0) is 89.9 Å². The Morgan fingerprint density at radius 2 is 0.914 bits per heavy atom. The molecule has 0 aliphatic heterocycles. The van der Waals surface area contributed by atoms with Crippen molar-refractivity contribution in [1.82, 2.24) is 0 Å². The van der Waals surface area contributed by atoms with Gasteiger partial charge in [0, 0.05) is 19.3 Å². The second-order valence-electron chi connectivity index (χ2n) is 15.5. The van der Waals surface area contributed by atoms with E-state index in [9.17, 15) is 19.5 Å². The van der Waals surface area contributed by atoms with Crippen LogP contribution >= 0.6 is 0 Å². The standard InChI is InChI=1S/C50H81NO7/c1-6-8-10-12-14-16-18-20-22-23-24-25-27-29-31-33-35-37-39-41-49(53)58-46(44-56-43-42-47(50(54)55)51(3,4)5)45-57-48(52)40-38-36-34-32-30-28-26-21-19-17-15-13-11-9-7-2/h8-11,14-17,20-22,24-26,30,32,46-47H,6-7,12-13,18-19,23,27-29,31,33-45H2,1-5H3/b10-8-,11-9-,16-14-,17-15-,22-20-,25-24-,26-21-,32-30-. The predicted molar refractivity (Wildman–Crippen MR) is 240 cm³/mol. The van der Waals surface area contributed by atoms with Gasteiger partial charge in [0.25, 0.3) is 0 Å².